The maximum atomic E-state index is 6.45. The monoisotopic (exact) mass is 726 g/mol. The Morgan fingerprint density at radius 1 is 0.808 bits per heavy atom. The first kappa shape index (κ1) is 42.4. The summed E-state index contributed by atoms with van der Waals surface area (Å²) in [5.74, 6) is 3.72. The number of unbranched alkanes of at least 4 members (excludes halogenated alkanes) is 8. The van der Waals surface area contributed by atoms with Gasteiger partial charge in [0.25, 0.3) is 0 Å². The van der Waals surface area contributed by atoms with Gasteiger partial charge in [-0.3, -0.25) is 4.90 Å². The van der Waals surface area contributed by atoms with Crippen molar-refractivity contribution in [2.24, 2.45) is 34.5 Å². The van der Waals surface area contributed by atoms with Gasteiger partial charge < -0.3 is 18.9 Å². The second-order valence-corrected chi connectivity index (χ2v) is 18.4. The van der Waals surface area contributed by atoms with Gasteiger partial charge in [-0.05, 0) is 138 Å². The molecule has 4 aliphatic carbocycles. The molecule has 9 atom stereocenters. The lowest BCUT2D eigenvalue weighted by atomic mass is 9.47. The fraction of sp³-hybridized carbons (Fsp3) is 0.915. The molecule has 3 saturated carbocycles. The summed E-state index contributed by atoms with van der Waals surface area (Å²) in [5.41, 5.74) is 2.74. The Balaban J connectivity index is 0.921. The van der Waals surface area contributed by atoms with E-state index in [2.05, 4.69) is 57.7 Å². The van der Waals surface area contributed by atoms with E-state index >= 15 is 0 Å². The zero-order valence-corrected chi connectivity index (χ0v) is 34.9. The lowest BCUT2D eigenvalue weighted by molar-refractivity contribution is -0.0710. The molecule has 5 unspecified atom stereocenters. The van der Waals surface area contributed by atoms with Gasteiger partial charge in [-0.15, -0.1) is 0 Å². The molecule has 1 saturated heterocycles. The van der Waals surface area contributed by atoms with Crippen LogP contribution in [0.15, 0.2) is 23.8 Å². The molecule has 5 rings (SSSR count). The van der Waals surface area contributed by atoms with Crippen molar-refractivity contribution in [1.82, 2.24) is 4.90 Å². The van der Waals surface area contributed by atoms with Gasteiger partial charge in [0, 0.05) is 19.2 Å². The molecule has 1 aliphatic heterocycles. The summed E-state index contributed by atoms with van der Waals surface area (Å²) in [6.07, 6.45) is 35.6. The van der Waals surface area contributed by atoms with Gasteiger partial charge >= 0.3 is 0 Å². The molecule has 4 fully saturated rings. The van der Waals surface area contributed by atoms with Crippen LogP contribution in [0.5, 0.6) is 0 Å². The first-order valence-electron chi connectivity index (χ1n) is 22.9. The molecular weight excluding hydrogens is 643 g/mol. The van der Waals surface area contributed by atoms with Crippen molar-refractivity contribution in [1.29, 1.82) is 0 Å². The minimum atomic E-state index is 0.116. The minimum absolute atomic E-state index is 0.116. The van der Waals surface area contributed by atoms with Crippen LogP contribution in [0.3, 0.4) is 0 Å². The Kier molecular flexibility index (Phi) is 18.1. The number of hydrogen-bond donors (Lipinski definition) is 0. The molecule has 0 N–H and O–H groups in total. The van der Waals surface area contributed by atoms with E-state index in [9.17, 15) is 0 Å². The first-order chi connectivity index (χ1) is 25.4. The van der Waals surface area contributed by atoms with Crippen molar-refractivity contribution < 1.29 is 18.9 Å². The SMILES string of the molecule is CCCC/C=C\CCCCCCCCOCC(CN1CCCC1C)OCCOCCO[C@H]1CC[C@@]2(C)C(=CC[C@H]3C4CCC(CC)[C@@]4(C)CCC32)C1. The van der Waals surface area contributed by atoms with E-state index in [0.29, 0.717) is 56.0 Å². The highest BCUT2D eigenvalue weighted by molar-refractivity contribution is 5.25. The first-order valence-corrected chi connectivity index (χ1v) is 22.9. The van der Waals surface area contributed by atoms with E-state index in [0.717, 1.165) is 49.7 Å². The summed E-state index contributed by atoms with van der Waals surface area (Å²) in [6.45, 7) is 18.6. The lowest BCUT2D eigenvalue weighted by Gasteiger charge is -2.58. The van der Waals surface area contributed by atoms with Gasteiger partial charge in [-0.25, -0.2) is 0 Å². The summed E-state index contributed by atoms with van der Waals surface area (Å²) in [7, 11) is 0. The highest BCUT2D eigenvalue weighted by Gasteiger charge is 2.58. The van der Waals surface area contributed by atoms with Gasteiger partial charge in [-0.1, -0.05) is 96.4 Å². The van der Waals surface area contributed by atoms with E-state index in [1.54, 1.807) is 5.57 Å². The van der Waals surface area contributed by atoms with E-state index < -0.39 is 0 Å². The molecule has 0 aromatic heterocycles. The summed E-state index contributed by atoms with van der Waals surface area (Å²) in [6, 6.07) is 0.647. The molecule has 5 nitrogen and oxygen atoms in total. The molecule has 0 radical (unpaired) electrons. The van der Waals surface area contributed by atoms with Crippen molar-refractivity contribution >= 4 is 0 Å². The van der Waals surface area contributed by atoms with Crippen LogP contribution < -0.4 is 0 Å². The van der Waals surface area contributed by atoms with Crippen molar-refractivity contribution in [3.8, 4) is 0 Å². The second kappa shape index (κ2) is 22.1. The average Bonchev–Trinajstić information content (AvgIpc) is 3.72. The lowest BCUT2D eigenvalue weighted by Crippen LogP contribution is -2.50. The van der Waals surface area contributed by atoms with Crippen LogP contribution in [0.2, 0.25) is 0 Å². The Bertz CT molecular complexity index is 1060. The number of nitrogens with zero attached hydrogens (tertiary/aromatic N) is 1. The van der Waals surface area contributed by atoms with E-state index in [4.69, 9.17) is 18.9 Å². The quantitative estimate of drug-likeness (QED) is 0.0692. The fourth-order valence-corrected chi connectivity index (χ4v) is 11.8. The maximum absolute atomic E-state index is 6.45. The van der Waals surface area contributed by atoms with Gasteiger partial charge in [0.1, 0.15) is 0 Å². The maximum Gasteiger partial charge on any atom is 0.0936 e. The summed E-state index contributed by atoms with van der Waals surface area (Å²) < 4.78 is 25.0. The molecule has 0 aromatic rings. The van der Waals surface area contributed by atoms with Gasteiger partial charge in [0.15, 0.2) is 0 Å². The Morgan fingerprint density at radius 3 is 2.38 bits per heavy atom. The predicted molar refractivity (Wildman–Crippen MR) is 218 cm³/mol. The zero-order chi connectivity index (χ0) is 36.7. The molecular formula is C47H83NO4. The van der Waals surface area contributed by atoms with Crippen molar-refractivity contribution in [2.45, 2.75) is 188 Å². The summed E-state index contributed by atoms with van der Waals surface area (Å²) in [4.78, 5) is 2.58. The third-order valence-corrected chi connectivity index (χ3v) is 15.1. The van der Waals surface area contributed by atoms with E-state index in [1.807, 2.05) is 0 Å². The molecule has 52 heavy (non-hydrogen) atoms. The third-order valence-electron chi connectivity index (χ3n) is 15.1. The predicted octanol–water partition coefficient (Wildman–Crippen LogP) is 11.7. The topological polar surface area (TPSA) is 40.2 Å². The van der Waals surface area contributed by atoms with Crippen LogP contribution in [-0.2, 0) is 18.9 Å². The zero-order valence-electron chi connectivity index (χ0n) is 34.9. The standard InChI is InChI=1S/C47H83NO4/c1-6-8-9-10-11-12-13-14-15-16-17-18-30-50-37-42(36-48-29-19-20-38(48)3)52-34-32-49-31-33-51-41-25-27-47(5)40(35-41)21-23-43-44-24-22-39(7-2)46(44,4)28-26-45(43)47/h10-11,21,38-39,41-45H,6-9,12-20,22-37H2,1-5H3/b11-10-/t38?,39?,41-,42?,43-,44?,45?,46+,47-/m0/s1. The fourth-order valence-electron chi connectivity index (χ4n) is 11.8. The van der Waals surface area contributed by atoms with Crippen LogP contribution in [0, 0.1) is 34.5 Å². The number of fused-ring (bicyclic) bond motifs is 5. The Hall–Kier alpha value is -0.720. The minimum Gasteiger partial charge on any atom is -0.379 e. The number of allylic oxidation sites excluding steroid dienone is 3. The summed E-state index contributed by atoms with van der Waals surface area (Å²) >= 11 is 0. The Labute approximate surface area is 321 Å². The van der Waals surface area contributed by atoms with Crippen molar-refractivity contribution in [3.05, 3.63) is 23.8 Å². The molecule has 0 spiro atoms. The van der Waals surface area contributed by atoms with E-state index in [1.165, 1.54) is 129 Å². The molecule has 1 heterocycles. The molecule has 0 amide bonds. The number of ether oxygens (including phenoxy) is 4. The van der Waals surface area contributed by atoms with Crippen molar-refractivity contribution in [2.75, 3.05) is 52.7 Å². The van der Waals surface area contributed by atoms with Crippen LogP contribution in [0.4, 0.5) is 0 Å². The van der Waals surface area contributed by atoms with Crippen LogP contribution in [-0.4, -0.2) is 75.9 Å². The van der Waals surface area contributed by atoms with E-state index in [-0.39, 0.29) is 6.10 Å². The Morgan fingerprint density at radius 2 is 1.60 bits per heavy atom. The highest BCUT2D eigenvalue weighted by Crippen LogP contribution is 2.66. The number of likely N-dealkylation sites (tertiary alicyclic amines) is 1. The van der Waals surface area contributed by atoms with Crippen LogP contribution in [0.1, 0.15) is 169 Å². The highest BCUT2D eigenvalue weighted by atomic mass is 16.6. The smallest absolute Gasteiger partial charge is 0.0936 e. The molecule has 5 heteroatoms. The molecule has 300 valence electrons. The average molecular weight is 726 g/mol. The normalized spacial score (nSPS) is 34.0. The number of rotatable bonds is 25. The molecule has 0 bridgehead atoms. The largest absolute Gasteiger partial charge is 0.379 e. The van der Waals surface area contributed by atoms with Gasteiger partial charge in [0.2, 0.25) is 0 Å². The van der Waals surface area contributed by atoms with Crippen LogP contribution >= 0.6 is 0 Å². The van der Waals surface area contributed by atoms with Crippen molar-refractivity contribution in [3.63, 3.8) is 0 Å². The molecule has 5 aliphatic rings. The van der Waals surface area contributed by atoms with Crippen LogP contribution in [0.25, 0.3) is 0 Å². The van der Waals surface area contributed by atoms with Gasteiger partial charge in [-0.2, -0.15) is 0 Å². The summed E-state index contributed by atoms with van der Waals surface area (Å²) in [5, 5.41) is 0. The van der Waals surface area contributed by atoms with Gasteiger partial charge in [0.05, 0.1) is 45.2 Å². The second-order valence-electron chi connectivity index (χ2n) is 18.4. The third kappa shape index (κ3) is 11.7. The molecule has 0 aromatic carbocycles. The number of hydrogen-bond acceptors (Lipinski definition) is 5.